The lowest BCUT2D eigenvalue weighted by molar-refractivity contribution is 0.630. The summed E-state index contributed by atoms with van der Waals surface area (Å²) >= 11 is 7.49. The van der Waals surface area contributed by atoms with E-state index < -0.39 is 0 Å². The van der Waals surface area contributed by atoms with Crippen molar-refractivity contribution in [3.63, 3.8) is 0 Å². The second kappa shape index (κ2) is 4.79. The normalized spacial score (nSPS) is 11.7. The summed E-state index contributed by atoms with van der Waals surface area (Å²) < 4.78 is 15.7. The Balaban J connectivity index is 2.23. The fourth-order valence-corrected chi connectivity index (χ4v) is 3.14. The van der Waals surface area contributed by atoms with E-state index in [0.717, 1.165) is 11.4 Å². The Hall–Kier alpha value is -1.53. The van der Waals surface area contributed by atoms with Crippen molar-refractivity contribution in [3.05, 3.63) is 34.4 Å². The fraction of sp³-hybridized carbons (Fsp3) is 0.308. The van der Waals surface area contributed by atoms with Crippen LogP contribution >= 0.6 is 22.9 Å². The molecule has 0 spiro atoms. The number of aromatic nitrogens is 4. The zero-order valence-corrected chi connectivity index (χ0v) is 12.8. The highest BCUT2D eigenvalue weighted by Crippen LogP contribution is 2.35. The highest BCUT2D eigenvalue weighted by Gasteiger charge is 2.19. The van der Waals surface area contributed by atoms with Crippen LogP contribution in [0.25, 0.3) is 15.5 Å². The van der Waals surface area contributed by atoms with Crippen LogP contribution in [0.3, 0.4) is 0 Å². The highest BCUT2D eigenvalue weighted by molar-refractivity contribution is 7.19. The number of rotatable bonds is 2. The van der Waals surface area contributed by atoms with Crippen molar-refractivity contribution < 1.29 is 4.39 Å². The van der Waals surface area contributed by atoms with E-state index in [0.29, 0.717) is 20.6 Å². The standard InChI is InChI=1S/C13H12ClFN4S/c1-6(2)11-16-17-13-19(11)18-12(20-13)9-8(15)5-4-7(3)10(9)14/h4-6H,1-3H3. The monoisotopic (exact) mass is 310 g/mol. The van der Waals surface area contributed by atoms with Gasteiger partial charge in [0.1, 0.15) is 5.82 Å². The third-order valence-electron chi connectivity index (χ3n) is 3.03. The summed E-state index contributed by atoms with van der Waals surface area (Å²) in [6, 6.07) is 3.06. The van der Waals surface area contributed by atoms with Crippen LogP contribution in [-0.4, -0.2) is 19.8 Å². The molecule has 0 N–H and O–H groups in total. The van der Waals surface area contributed by atoms with Gasteiger partial charge in [-0.25, -0.2) is 4.39 Å². The second-order valence-corrected chi connectivity index (χ2v) is 6.20. The summed E-state index contributed by atoms with van der Waals surface area (Å²) in [5.41, 5.74) is 1.15. The van der Waals surface area contributed by atoms with E-state index in [-0.39, 0.29) is 11.7 Å². The Labute approximate surface area is 124 Å². The molecule has 1 aromatic carbocycles. The number of fused-ring (bicyclic) bond motifs is 1. The molecule has 0 saturated carbocycles. The number of halogens is 2. The Morgan fingerprint density at radius 3 is 2.75 bits per heavy atom. The zero-order valence-electron chi connectivity index (χ0n) is 11.2. The van der Waals surface area contributed by atoms with Crippen LogP contribution in [0.15, 0.2) is 12.1 Å². The maximum Gasteiger partial charge on any atom is 0.234 e. The molecule has 0 fully saturated rings. The molecule has 0 aliphatic rings. The van der Waals surface area contributed by atoms with Crippen molar-refractivity contribution >= 4 is 27.9 Å². The van der Waals surface area contributed by atoms with E-state index in [1.165, 1.54) is 17.4 Å². The van der Waals surface area contributed by atoms with Gasteiger partial charge >= 0.3 is 0 Å². The Morgan fingerprint density at radius 1 is 1.30 bits per heavy atom. The first kappa shape index (κ1) is 13.5. The van der Waals surface area contributed by atoms with Gasteiger partial charge in [0.2, 0.25) is 4.96 Å². The molecule has 20 heavy (non-hydrogen) atoms. The lowest BCUT2D eigenvalue weighted by Crippen LogP contribution is -1.98. The smallest absolute Gasteiger partial charge is 0.206 e. The van der Waals surface area contributed by atoms with E-state index in [4.69, 9.17) is 11.6 Å². The molecule has 0 saturated heterocycles. The minimum atomic E-state index is -0.378. The molecular weight excluding hydrogens is 299 g/mol. The average molecular weight is 311 g/mol. The fourth-order valence-electron chi connectivity index (χ4n) is 1.95. The second-order valence-electron chi connectivity index (χ2n) is 4.87. The van der Waals surface area contributed by atoms with Crippen molar-refractivity contribution in [2.24, 2.45) is 0 Å². The molecular formula is C13H12ClFN4S. The number of benzene rings is 1. The molecule has 2 aromatic heterocycles. The number of nitrogens with zero attached hydrogens (tertiary/aromatic N) is 4. The third kappa shape index (κ3) is 1.99. The van der Waals surface area contributed by atoms with Crippen LogP contribution < -0.4 is 0 Å². The highest BCUT2D eigenvalue weighted by atomic mass is 35.5. The molecule has 0 amide bonds. The molecule has 7 heteroatoms. The van der Waals surface area contributed by atoms with Gasteiger partial charge in [-0.1, -0.05) is 42.9 Å². The molecule has 0 aliphatic carbocycles. The summed E-state index contributed by atoms with van der Waals surface area (Å²) in [7, 11) is 0. The molecule has 3 aromatic rings. The minimum absolute atomic E-state index is 0.192. The Kier molecular flexibility index (Phi) is 3.22. The average Bonchev–Trinajstić information content (AvgIpc) is 2.93. The summed E-state index contributed by atoms with van der Waals surface area (Å²) in [5, 5.41) is 13.5. The van der Waals surface area contributed by atoms with E-state index in [1.54, 1.807) is 10.6 Å². The summed E-state index contributed by atoms with van der Waals surface area (Å²) in [6.45, 7) is 5.86. The SMILES string of the molecule is Cc1ccc(F)c(-c2nn3c(C(C)C)nnc3s2)c1Cl. The molecule has 0 bridgehead atoms. The van der Waals surface area contributed by atoms with Crippen LogP contribution in [0.1, 0.15) is 31.2 Å². The topological polar surface area (TPSA) is 43.1 Å². The zero-order chi connectivity index (χ0) is 14.4. The van der Waals surface area contributed by atoms with E-state index in [2.05, 4.69) is 15.3 Å². The lowest BCUT2D eigenvalue weighted by atomic mass is 10.1. The van der Waals surface area contributed by atoms with Gasteiger partial charge in [0, 0.05) is 5.92 Å². The molecule has 0 aliphatic heterocycles. The first-order valence-electron chi connectivity index (χ1n) is 6.16. The Morgan fingerprint density at radius 2 is 2.05 bits per heavy atom. The van der Waals surface area contributed by atoms with Crippen molar-refractivity contribution in [2.45, 2.75) is 26.7 Å². The van der Waals surface area contributed by atoms with E-state index in [9.17, 15) is 4.39 Å². The maximum atomic E-state index is 14.0. The van der Waals surface area contributed by atoms with Gasteiger partial charge in [0.15, 0.2) is 10.8 Å². The van der Waals surface area contributed by atoms with Crippen molar-refractivity contribution in [1.82, 2.24) is 19.8 Å². The van der Waals surface area contributed by atoms with Crippen LogP contribution in [0, 0.1) is 12.7 Å². The van der Waals surface area contributed by atoms with Crippen molar-refractivity contribution in [2.75, 3.05) is 0 Å². The van der Waals surface area contributed by atoms with Gasteiger partial charge in [-0.15, -0.1) is 10.2 Å². The predicted octanol–water partition coefficient (Wildman–Crippen LogP) is 4.08. The van der Waals surface area contributed by atoms with Crippen LogP contribution in [-0.2, 0) is 0 Å². The number of hydrogen-bond donors (Lipinski definition) is 0. The van der Waals surface area contributed by atoms with Crippen molar-refractivity contribution in [1.29, 1.82) is 0 Å². The maximum absolute atomic E-state index is 14.0. The van der Waals surface area contributed by atoms with E-state index in [1.807, 2.05) is 20.8 Å². The van der Waals surface area contributed by atoms with Crippen LogP contribution in [0.2, 0.25) is 5.02 Å². The first-order valence-corrected chi connectivity index (χ1v) is 7.35. The van der Waals surface area contributed by atoms with Gasteiger partial charge in [0.05, 0.1) is 10.6 Å². The molecule has 0 radical (unpaired) electrons. The summed E-state index contributed by atoms with van der Waals surface area (Å²) in [6.07, 6.45) is 0. The third-order valence-corrected chi connectivity index (χ3v) is 4.43. The lowest BCUT2D eigenvalue weighted by Gasteiger charge is -2.04. The number of aryl methyl sites for hydroxylation is 1. The van der Waals surface area contributed by atoms with Gasteiger partial charge < -0.3 is 0 Å². The minimum Gasteiger partial charge on any atom is -0.206 e. The van der Waals surface area contributed by atoms with Gasteiger partial charge in [-0.2, -0.15) is 9.61 Å². The molecule has 2 heterocycles. The quantitative estimate of drug-likeness (QED) is 0.716. The van der Waals surface area contributed by atoms with E-state index >= 15 is 0 Å². The van der Waals surface area contributed by atoms with Gasteiger partial charge in [0.25, 0.3) is 0 Å². The van der Waals surface area contributed by atoms with Crippen LogP contribution in [0.5, 0.6) is 0 Å². The number of hydrogen-bond acceptors (Lipinski definition) is 4. The molecule has 104 valence electrons. The van der Waals surface area contributed by atoms with Crippen molar-refractivity contribution in [3.8, 4) is 10.6 Å². The molecule has 4 nitrogen and oxygen atoms in total. The molecule has 0 unspecified atom stereocenters. The first-order chi connectivity index (χ1) is 9.49. The van der Waals surface area contributed by atoms with Crippen LogP contribution in [0.4, 0.5) is 4.39 Å². The Bertz CT molecular complexity index is 793. The summed E-state index contributed by atoms with van der Waals surface area (Å²) in [5.74, 6) is 0.570. The van der Waals surface area contributed by atoms with Gasteiger partial charge in [-0.3, -0.25) is 0 Å². The van der Waals surface area contributed by atoms with Gasteiger partial charge in [-0.05, 0) is 18.6 Å². The molecule has 0 atom stereocenters. The molecule has 3 rings (SSSR count). The predicted molar refractivity (Wildman–Crippen MR) is 77.9 cm³/mol. The summed E-state index contributed by atoms with van der Waals surface area (Å²) in [4.78, 5) is 0.640. The largest absolute Gasteiger partial charge is 0.234 e.